The minimum Gasteiger partial charge on any atom is -0.326 e. The van der Waals surface area contributed by atoms with Crippen LogP contribution in [0.5, 0.6) is 0 Å². The lowest BCUT2D eigenvalue weighted by Gasteiger charge is -2.18. The predicted octanol–water partition coefficient (Wildman–Crippen LogP) is 1.82. The minimum absolute atomic E-state index is 0.0634. The Bertz CT molecular complexity index is 540. The average molecular weight is 241 g/mol. The summed E-state index contributed by atoms with van der Waals surface area (Å²) in [7, 11) is 1.75. The van der Waals surface area contributed by atoms with Gasteiger partial charge >= 0.3 is 0 Å². The van der Waals surface area contributed by atoms with E-state index in [1.807, 2.05) is 24.3 Å². The molecule has 0 radical (unpaired) electrons. The van der Waals surface area contributed by atoms with E-state index >= 15 is 0 Å². The predicted molar refractivity (Wildman–Crippen MR) is 71.3 cm³/mol. The molecular formula is C14H15N3O. The Morgan fingerprint density at radius 1 is 1.28 bits per heavy atom. The molecule has 0 bridgehead atoms. The van der Waals surface area contributed by atoms with Crippen LogP contribution in [-0.4, -0.2) is 17.9 Å². The maximum absolute atomic E-state index is 12.2. The number of carbonyl (C=O) groups is 1. The van der Waals surface area contributed by atoms with Crippen molar-refractivity contribution in [3.05, 3.63) is 59.9 Å². The van der Waals surface area contributed by atoms with Gasteiger partial charge in [0.15, 0.2) is 0 Å². The molecule has 0 aliphatic rings. The second-order valence-electron chi connectivity index (χ2n) is 3.97. The van der Waals surface area contributed by atoms with Crippen LogP contribution >= 0.6 is 0 Å². The van der Waals surface area contributed by atoms with Gasteiger partial charge in [-0.25, -0.2) is 0 Å². The average Bonchev–Trinajstić information content (AvgIpc) is 2.46. The zero-order valence-electron chi connectivity index (χ0n) is 10.2. The summed E-state index contributed by atoms with van der Waals surface area (Å²) in [6.07, 6.45) is 3.22. The summed E-state index contributed by atoms with van der Waals surface area (Å²) in [4.78, 5) is 17.7. The third kappa shape index (κ3) is 2.55. The smallest absolute Gasteiger partial charge is 0.258 e. The molecule has 0 saturated carbocycles. The van der Waals surface area contributed by atoms with Gasteiger partial charge < -0.3 is 10.6 Å². The molecule has 0 atom stereocenters. The Morgan fingerprint density at radius 2 is 2.00 bits per heavy atom. The van der Waals surface area contributed by atoms with Gasteiger partial charge in [-0.2, -0.15) is 0 Å². The van der Waals surface area contributed by atoms with Crippen LogP contribution in [0.25, 0.3) is 0 Å². The van der Waals surface area contributed by atoms with Crippen molar-refractivity contribution < 1.29 is 4.79 Å². The van der Waals surface area contributed by atoms with E-state index in [1.54, 1.807) is 36.5 Å². The van der Waals surface area contributed by atoms with E-state index in [0.29, 0.717) is 12.1 Å². The molecule has 0 unspecified atom stereocenters. The van der Waals surface area contributed by atoms with Crippen molar-refractivity contribution in [3.8, 4) is 0 Å². The van der Waals surface area contributed by atoms with Crippen molar-refractivity contribution in [3.63, 3.8) is 0 Å². The fourth-order valence-corrected chi connectivity index (χ4v) is 1.70. The van der Waals surface area contributed by atoms with E-state index in [2.05, 4.69) is 4.98 Å². The fraction of sp³-hybridized carbons (Fsp3) is 0.143. The Kier molecular flexibility index (Phi) is 3.69. The molecule has 92 valence electrons. The lowest BCUT2D eigenvalue weighted by atomic mass is 10.1. The number of anilines is 1. The first-order valence-electron chi connectivity index (χ1n) is 5.69. The monoisotopic (exact) mass is 241 g/mol. The molecule has 2 N–H and O–H groups in total. The van der Waals surface area contributed by atoms with E-state index in [9.17, 15) is 4.79 Å². The fourth-order valence-electron chi connectivity index (χ4n) is 1.70. The Balaban J connectivity index is 2.25. The van der Waals surface area contributed by atoms with Crippen molar-refractivity contribution in [2.75, 3.05) is 11.9 Å². The van der Waals surface area contributed by atoms with Crippen LogP contribution < -0.4 is 10.6 Å². The summed E-state index contributed by atoms with van der Waals surface area (Å²) in [6, 6.07) is 11.0. The molecule has 2 rings (SSSR count). The van der Waals surface area contributed by atoms with Crippen molar-refractivity contribution >= 4 is 11.6 Å². The quantitative estimate of drug-likeness (QED) is 0.891. The Labute approximate surface area is 106 Å². The Morgan fingerprint density at radius 3 is 2.67 bits per heavy atom. The van der Waals surface area contributed by atoms with Crippen LogP contribution in [0.1, 0.15) is 15.9 Å². The largest absolute Gasteiger partial charge is 0.326 e. The number of carbonyl (C=O) groups excluding carboxylic acids is 1. The standard InChI is InChI=1S/C14H15N3O/c1-17(13-4-2-3-11(9-13)10-15)14(18)12-5-7-16-8-6-12/h2-9H,10,15H2,1H3. The van der Waals surface area contributed by atoms with Gasteiger partial charge in [-0.1, -0.05) is 12.1 Å². The number of pyridine rings is 1. The summed E-state index contributed by atoms with van der Waals surface area (Å²) in [5.74, 6) is -0.0634. The molecular weight excluding hydrogens is 226 g/mol. The SMILES string of the molecule is CN(C(=O)c1ccncc1)c1cccc(CN)c1. The van der Waals surface area contributed by atoms with E-state index in [1.165, 1.54) is 0 Å². The molecule has 4 nitrogen and oxygen atoms in total. The molecule has 1 aromatic heterocycles. The zero-order valence-corrected chi connectivity index (χ0v) is 10.2. The first-order valence-corrected chi connectivity index (χ1v) is 5.69. The number of aromatic nitrogens is 1. The number of hydrogen-bond acceptors (Lipinski definition) is 3. The number of benzene rings is 1. The van der Waals surface area contributed by atoms with Gasteiger partial charge in [0.25, 0.3) is 5.91 Å². The number of nitrogens with zero attached hydrogens (tertiary/aromatic N) is 2. The van der Waals surface area contributed by atoms with Crippen molar-refractivity contribution in [1.82, 2.24) is 4.98 Å². The highest BCUT2D eigenvalue weighted by molar-refractivity contribution is 6.05. The second-order valence-corrected chi connectivity index (χ2v) is 3.97. The molecule has 2 aromatic rings. The van der Waals surface area contributed by atoms with Crippen molar-refractivity contribution in [2.45, 2.75) is 6.54 Å². The maximum Gasteiger partial charge on any atom is 0.258 e. The first kappa shape index (κ1) is 12.3. The number of rotatable bonds is 3. The molecule has 0 aliphatic carbocycles. The van der Waals surface area contributed by atoms with Gasteiger partial charge in [-0.3, -0.25) is 9.78 Å². The molecule has 0 spiro atoms. The molecule has 0 aliphatic heterocycles. The zero-order chi connectivity index (χ0) is 13.0. The van der Waals surface area contributed by atoms with Crippen LogP contribution in [0.4, 0.5) is 5.69 Å². The molecule has 4 heteroatoms. The summed E-state index contributed by atoms with van der Waals surface area (Å²) >= 11 is 0. The van der Waals surface area contributed by atoms with Crippen LogP contribution in [0.15, 0.2) is 48.8 Å². The van der Waals surface area contributed by atoms with Crippen LogP contribution in [0.3, 0.4) is 0 Å². The van der Waals surface area contributed by atoms with Crippen molar-refractivity contribution in [1.29, 1.82) is 0 Å². The second kappa shape index (κ2) is 5.42. The first-order chi connectivity index (χ1) is 8.72. The summed E-state index contributed by atoms with van der Waals surface area (Å²) in [6.45, 7) is 0.463. The van der Waals surface area contributed by atoms with Gasteiger partial charge in [-0.15, -0.1) is 0 Å². The molecule has 0 saturated heterocycles. The highest BCUT2D eigenvalue weighted by atomic mass is 16.2. The van der Waals surface area contributed by atoms with Gasteiger partial charge in [0.05, 0.1) is 0 Å². The molecule has 18 heavy (non-hydrogen) atoms. The molecule has 1 aromatic carbocycles. The molecule has 1 amide bonds. The Hall–Kier alpha value is -2.20. The van der Waals surface area contributed by atoms with Crippen molar-refractivity contribution in [2.24, 2.45) is 5.73 Å². The third-order valence-corrected chi connectivity index (χ3v) is 2.77. The lowest BCUT2D eigenvalue weighted by molar-refractivity contribution is 0.0993. The lowest BCUT2D eigenvalue weighted by Crippen LogP contribution is -2.26. The van der Waals surface area contributed by atoms with E-state index < -0.39 is 0 Å². The highest BCUT2D eigenvalue weighted by Crippen LogP contribution is 2.16. The highest BCUT2D eigenvalue weighted by Gasteiger charge is 2.13. The van der Waals surface area contributed by atoms with Crippen LogP contribution in [-0.2, 0) is 6.54 Å². The van der Waals surface area contributed by atoms with Crippen LogP contribution in [0.2, 0.25) is 0 Å². The number of nitrogens with two attached hydrogens (primary N) is 1. The number of amides is 1. The van der Waals surface area contributed by atoms with E-state index in [4.69, 9.17) is 5.73 Å². The third-order valence-electron chi connectivity index (χ3n) is 2.77. The van der Waals surface area contributed by atoms with Gasteiger partial charge in [-0.05, 0) is 29.8 Å². The van der Waals surface area contributed by atoms with Gasteiger partial charge in [0, 0.05) is 37.2 Å². The van der Waals surface area contributed by atoms with E-state index in [0.717, 1.165) is 11.3 Å². The molecule has 1 heterocycles. The molecule has 0 fully saturated rings. The summed E-state index contributed by atoms with van der Waals surface area (Å²) < 4.78 is 0. The normalized spacial score (nSPS) is 10.1. The topological polar surface area (TPSA) is 59.2 Å². The summed E-state index contributed by atoms with van der Waals surface area (Å²) in [5.41, 5.74) is 8.05. The van der Waals surface area contributed by atoms with Gasteiger partial charge in [0.2, 0.25) is 0 Å². The van der Waals surface area contributed by atoms with Gasteiger partial charge in [0.1, 0.15) is 0 Å². The van der Waals surface area contributed by atoms with E-state index in [-0.39, 0.29) is 5.91 Å². The van der Waals surface area contributed by atoms with Crippen LogP contribution in [0, 0.1) is 0 Å². The maximum atomic E-state index is 12.2. The minimum atomic E-state index is -0.0634. The number of hydrogen-bond donors (Lipinski definition) is 1. The summed E-state index contributed by atoms with van der Waals surface area (Å²) in [5, 5.41) is 0.